The van der Waals surface area contributed by atoms with Crippen molar-refractivity contribution in [3.63, 3.8) is 0 Å². The first-order valence-electron chi connectivity index (χ1n) is 6.10. The second-order valence-corrected chi connectivity index (χ2v) is 3.81. The molecule has 1 heteroatoms. The summed E-state index contributed by atoms with van der Waals surface area (Å²) in [6.45, 7) is 7.76. The Kier molecular flexibility index (Phi) is 12.4. The molecule has 0 spiro atoms. The number of allylic oxidation sites excluding steroid dienone is 1. The number of ether oxygens (including phenoxy) is 1. The average Bonchev–Trinajstić information content (AvgIpc) is 2.21. The summed E-state index contributed by atoms with van der Waals surface area (Å²) in [7, 11) is 0. The van der Waals surface area contributed by atoms with E-state index in [4.69, 9.17) is 4.74 Å². The molecule has 0 bridgehead atoms. The van der Waals surface area contributed by atoms with Crippen LogP contribution in [0.25, 0.3) is 0 Å². The quantitative estimate of drug-likeness (QED) is 0.355. The van der Waals surface area contributed by atoms with Gasteiger partial charge in [0.05, 0.1) is 0 Å². The lowest BCUT2D eigenvalue weighted by Gasteiger charge is -2.02. The first kappa shape index (κ1) is 13.7. The third-order valence-electron chi connectivity index (χ3n) is 2.30. The van der Waals surface area contributed by atoms with E-state index in [1.807, 2.05) is 6.08 Å². The second-order valence-electron chi connectivity index (χ2n) is 3.81. The molecule has 0 aliphatic rings. The lowest BCUT2D eigenvalue weighted by atomic mass is 10.1. The molecule has 0 aliphatic carbocycles. The van der Waals surface area contributed by atoms with Crippen molar-refractivity contribution in [1.29, 1.82) is 0 Å². The van der Waals surface area contributed by atoms with Gasteiger partial charge in [-0.1, -0.05) is 38.7 Å². The molecule has 0 aliphatic heterocycles. The van der Waals surface area contributed by atoms with Crippen molar-refractivity contribution in [2.75, 3.05) is 13.2 Å². The van der Waals surface area contributed by atoms with Gasteiger partial charge in [0.25, 0.3) is 0 Å². The smallest absolute Gasteiger partial charge is 0.0466 e. The van der Waals surface area contributed by atoms with Crippen molar-refractivity contribution in [3.8, 4) is 0 Å². The fourth-order valence-corrected chi connectivity index (χ4v) is 1.45. The Hall–Kier alpha value is -0.300. The van der Waals surface area contributed by atoms with Crippen LogP contribution in [-0.4, -0.2) is 13.2 Å². The van der Waals surface area contributed by atoms with E-state index in [9.17, 15) is 0 Å². The largest absolute Gasteiger partial charge is 0.381 e. The van der Waals surface area contributed by atoms with Crippen LogP contribution in [0, 0.1) is 0 Å². The van der Waals surface area contributed by atoms with Crippen LogP contribution in [0.4, 0.5) is 0 Å². The van der Waals surface area contributed by atoms with Crippen LogP contribution < -0.4 is 0 Å². The predicted molar refractivity (Wildman–Crippen MR) is 63.6 cm³/mol. The fourth-order valence-electron chi connectivity index (χ4n) is 1.45. The van der Waals surface area contributed by atoms with Gasteiger partial charge < -0.3 is 4.74 Å². The second kappa shape index (κ2) is 12.7. The fraction of sp³-hybridized carbons (Fsp3) is 0.846. The van der Waals surface area contributed by atoms with Gasteiger partial charge in [-0.25, -0.2) is 0 Å². The molecule has 0 fully saturated rings. The molecule has 1 nitrogen and oxygen atoms in total. The Morgan fingerprint density at radius 1 is 0.929 bits per heavy atom. The summed E-state index contributed by atoms with van der Waals surface area (Å²) in [4.78, 5) is 0. The molecule has 0 atom stereocenters. The standard InChI is InChI=1S/C13H26O/c1-3-5-6-7-8-9-10-11-13-14-12-4-2/h3H,1,4-13H2,2H3. The Morgan fingerprint density at radius 3 is 2.21 bits per heavy atom. The van der Waals surface area contributed by atoms with Gasteiger partial charge in [-0.2, -0.15) is 0 Å². The average molecular weight is 198 g/mol. The SMILES string of the molecule is C=CCCCCCCCCOCCC. The number of hydrogen-bond donors (Lipinski definition) is 0. The van der Waals surface area contributed by atoms with Crippen molar-refractivity contribution in [3.05, 3.63) is 12.7 Å². The number of hydrogen-bond acceptors (Lipinski definition) is 1. The van der Waals surface area contributed by atoms with Crippen LogP contribution in [0.1, 0.15) is 58.3 Å². The Balaban J connectivity index is 2.81. The molecule has 14 heavy (non-hydrogen) atoms. The number of rotatable bonds is 11. The maximum Gasteiger partial charge on any atom is 0.0466 e. The van der Waals surface area contributed by atoms with E-state index in [0.29, 0.717) is 0 Å². The molecule has 0 unspecified atom stereocenters. The van der Waals surface area contributed by atoms with Crippen LogP contribution in [0.2, 0.25) is 0 Å². The minimum absolute atomic E-state index is 0.930. The van der Waals surface area contributed by atoms with E-state index in [2.05, 4.69) is 13.5 Å². The highest BCUT2D eigenvalue weighted by Crippen LogP contribution is 2.07. The maximum atomic E-state index is 5.41. The molecular weight excluding hydrogens is 172 g/mol. The molecular formula is C13H26O. The van der Waals surface area contributed by atoms with Gasteiger partial charge in [0, 0.05) is 13.2 Å². The zero-order chi connectivity index (χ0) is 10.5. The van der Waals surface area contributed by atoms with Gasteiger partial charge in [-0.15, -0.1) is 6.58 Å². The van der Waals surface area contributed by atoms with Crippen LogP contribution in [0.15, 0.2) is 12.7 Å². The van der Waals surface area contributed by atoms with E-state index in [-0.39, 0.29) is 0 Å². The summed E-state index contributed by atoms with van der Waals surface area (Å²) in [5.41, 5.74) is 0. The van der Waals surface area contributed by atoms with E-state index < -0.39 is 0 Å². The number of unbranched alkanes of at least 4 members (excludes halogenated alkanes) is 6. The first-order chi connectivity index (χ1) is 6.91. The zero-order valence-corrected chi connectivity index (χ0v) is 9.76. The highest BCUT2D eigenvalue weighted by atomic mass is 16.5. The summed E-state index contributed by atoms with van der Waals surface area (Å²) < 4.78 is 5.41. The van der Waals surface area contributed by atoms with Crippen molar-refractivity contribution in [2.24, 2.45) is 0 Å². The van der Waals surface area contributed by atoms with Crippen LogP contribution in [0.3, 0.4) is 0 Å². The Morgan fingerprint density at radius 2 is 1.57 bits per heavy atom. The normalized spacial score (nSPS) is 10.4. The third-order valence-corrected chi connectivity index (χ3v) is 2.30. The van der Waals surface area contributed by atoms with E-state index >= 15 is 0 Å². The van der Waals surface area contributed by atoms with Crippen LogP contribution in [-0.2, 0) is 4.74 Å². The van der Waals surface area contributed by atoms with Gasteiger partial charge in [0.15, 0.2) is 0 Å². The van der Waals surface area contributed by atoms with Gasteiger partial charge in [-0.05, 0) is 25.7 Å². The van der Waals surface area contributed by atoms with Gasteiger partial charge in [0.1, 0.15) is 0 Å². The molecule has 0 aromatic rings. The van der Waals surface area contributed by atoms with Crippen molar-refractivity contribution >= 4 is 0 Å². The minimum Gasteiger partial charge on any atom is -0.381 e. The third kappa shape index (κ3) is 11.7. The topological polar surface area (TPSA) is 9.23 Å². The molecule has 84 valence electrons. The molecule has 0 saturated carbocycles. The van der Waals surface area contributed by atoms with Crippen LogP contribution >= 0.6 is 0 Å². The van der Waals surface area contributed by atoms with Crippen molar-refractivity contribution < 1.29 is 4.74 Å². The first-order valence-corrected chi connectivity index (χ1v) is 6.10. The van der Waals surface area contributed by atoms with E-state index in [1.54, 1.807) is 0 Å². The summed E-state index contributed by atoms with van der Waals surface area (Å²) in [5, 5.41) is 0. The summed E-state index contributed by atoms with van der Waals surface area (Å²) >= 11 is 0. The van der Waals surface area contributed by atoms with Crippen molar-refractivity contribution in [2.45, 2.75) is 58.3 Å². The van der Waals surface area contributed by atoms with Crippen molar-refractivity contribution in [1.82, 2.24) is 0 Å². The Bertz CT molecular complexity index is 110. The lowest BCUT2D eigenvalue weighted by molar-refractivity contribution is 0.130. The Labute approximate surface area is 89.5 Å². The molecule has 0 rings (SSSR count). The molecule has 0 amide bonds. The highest BCUT2D eigenvalue weighted by molar-refractivity contribution is 4.65. The van der Waals surface area contributed by atoms with E-state index in [1.165, 1.54) is 44.9 Å². The molecule has 0 radical (unpaired) electrons. The minimum atomic E-state index is 0.930. The molecule has 0 N–H and O–H groups in total. The predicted octanol–water partition coefficient (Wildman–Crippen LogP) is 4.33. The summed E-state index contributed by atoms with van der Waals surface area (Å²) in [6, 6.07) is 0. The molecule has 0 aromatic heterocycles. The monoisotopic (exact) mass is 198 g/mol. The zero-order valence-electron chi connectivity index (χ0n) is 9.76. The molecule has 0 saturated heterocycles. The highest BCUT2D eigenvalue weighted by Gasteiger charge is 1.91. The molecule has 0 aromatic carbocycles. The van der Waals surface area contributed by atoms with Gasteiger partial charge >= 0.3 is 0 Å². The van der Waals surface area contributed by atoms with E-state index in [0.717, 1.165) is 19.6 Å². The van der Waals surface area contributed by atoms with Gasteiger partial charge in [0.2, 0.25) is 0 Å². The maximum absolute atomic E-state index is 5.41. The lowest BCUT2D eigenvalue weighted by Crippen LogP contribution is -1.95. The summed E-state index contributed by atoms with van der Waals surface area (Å²) in [6.07, 6.45) is 12.3. The molecule has 0 heterocycles. The van der Waals surface area contributed by atoms with Crippen LogP contribution in [0.5, 0.6) is 0 Å². The van der Waals surface area contributed by atoms with Gasteiger partial charge in [-0.3, -0.25) is 0 Å². The summed E-state index contributed by atoms with van der Waals surface area (Å²) in [5.74, 6) is 0.